The zero-order valence-electron chi connectivity index (χ0n) is 24.7. The van der Waals surface area contributed by atoms with Crippen molar-refractivity contribution in [2.75, 3.05) is 18.5 Å². The molecule has 0 saturated carbocycles. The molecule has 0 amide bonds. The van der Waals surface area contributed by atoms with E-state index in [2.05, 4.69) is 15.3 Å². The number of hydrogen-bond acceptors (Lipinski definition) is 8. The summed E-state index contributed by atoms with van der Waals surface area (Å²) >= 11 is 6.49. The van der Waals surface area contributed by atoms with Gasteiger partial charge < -0.3 is 19.5 Å². The second-order valence-corrected chi connectivity index (χ2v) is 12.4. The summed E-state index contributed by atoms with van der Waals surface area (Å²) < 4.78 is 69.4. The van der Waals surface area contributed by atoms with Crippen LogP contribution in [0.1, 0.15) is 44.2 Å². The Bertz CT molecular complexity index is 1850. The van der Waals surface area contributed by atoms with Gasteiger partial charge in [0.1, 0.15) is 41.7 Å². The highest BCUT2D eigenvalue weighted by atomic mass is 35.5. The average molecular weight is 656 g/mol. The van der Waals surface area contributed by atoms with E-state index in [1.54, 1.807) is 56.5 Å². The number of nitrogens with one attached hydrogen (secondary N) is 1. The van der Waals surface area contributed by atoms with E-state index in [9.17, 15) is 12.8 Å². The molecule has 1 N–H and O–H groups in total. The van der Waals surface area contributed by atoms with Crippen LogP contribution >= 0.6 is 11.6 Å². The summed E-state index contributed by atoms with van der Waals surface area (Å²) in [6.45, 7) is 4.05. The summed E-state index contributed by atoms with van der Waals surface area (Å²) in [5, 5.41) is 4.16. The monoisotopic (exact) mass is 655 g/mol. The molecule has 1 aromatic heterocycles. The van der Waals surface area contributed by atoms with Crippen LogP contribution in [0.2, 0.25) is 5.02 Å². The molecule has 0 aliphatic carbocycles. The molecule has 1 unspecified atom stereocenters. The lowest BCUT2D eigenvalue weighted by molar-refractivity contribution is 0.0193. The second kappa shape index (κ2) is 14.4. The van der Waals surface area contributed by atoms with E-state index in [4.69, 9.17) is 25.8 Å². The van der Waals surface area contributed by atoms with Gasteiger partial charge in [-0.2, -0.15) is 8.42 Å². The number of nitrogens with zero attached hydrogens (tertiary/aromatic N) is 2. The standard InChI is InChI=1S/C33H32ClF2N3O5S/c1-21(2)31(45(40)41)19-42-12-4-10-33(11-5-13-44-33)26-16-25-29(17-28(26)36)37-20-38-32(25)39-24-8-9-30(27(34)15-24)43-18-22-6-3-7-23(35)14-22/h3,5-9,13-17,20-21H,4,10-12,18-19H2,1-2H3,(H,37,38,39). The molecule has 45 heavy (non-hydrogen) atoms. The molecule has 3 aromatic carbocycles. The van der Waals surface area contributed by atoms with Gasteiger partial charge in [-0.1, -0.05) is 37.6 Å². The highest BCUT2D eigenvalue weighted by Crippen LogP contribution is 2.42. The maximum absolute atomic E-state index is 15.6. The Balaban J connectivity index is 1.33. The first-order valence-electron chi connectivity index (χ1n) is 14.4. The Labute approximate surface area is 266 Å². The van der Waals surface area contributed by atoms with Crippen molar-refractivity contribution in [2.45, 2.75) is 45.3 Å². The predicted molar refractivity (Wildman–Crippen MR) is 170 cm³/mol. The number of benzene rings is 3. The van der Waals surface area contributed by atoms with Gasteiger partial charge in [-0.3, -0.25) is 0 Å². The molecule has 0 saturated heterocycles. The van der Waals surface area contributed by atoms with E-state index in [1.807, 2.05) is 6.08 Å². The van der Waals surface area contributed by atoms with Crippen LogP contribution in [0, 0.1) is 17.6 Å². The van der Waals surface area contributed by atoms with Gasteiger partial charge in [-0.05, 0) is 66.8 Å². The third-order valence-corrected chi connectivity index (χ3v) is 8.81. The summed E-state index contributed by atoms with van der Waals surface area (Å²) in [5.74, 6) is -0.0829. The van der Waals surface area contributed by atoms with Crippen LogP contribution in [0.15, 0.2) is 73.3 Å². The molecule has 1 aliphatic rings. The van der Waals surface area contributed by atoms with Crippen molar-refractivity contribution < 1.29 is 31.4 Å². The van der Waals surface area contributed by atoms with Crippen molar-refractivity contribution in [3.05, 3.63) is 101 Å². The molecule has 8 nitrogen and oxygen atoms in total. The van der Waals surface area contributed by atoms with Crippen LogP contribution in [-0.4, -0.2) is 36.5 Å². The SMILES string of the molecule is CC(C)C(COCCCC1(c2cc3c(Nc4ccc(OCc5cccc(F)c5)c(Cl)c4)ncnc3cc2F)CC=CO1)=S(=O)=O. The van der Waals surface area contributed by atoms with Gasteiger partial charge in [0.25, 0.3) is 0 Å². The molecule has 5 rings (SSSR count). The lowest BCUT2D eigenvalue weighted by Gasteiger charge is -2.30. The Kier molecular flexibility index (Phi) is 10.3. The fraction of sp³-hybridized carbons (Fsp3) is 0.303. The molecule has 0 fully saturated rings. The van der Waals surface area contributed by atoms with Crippen LogP contribution < -0.4 is 10.1 Å². The van der Waals surface area contributed by atoms with Crippen molar-refractivity contribution in [1.82, 2.24) is 9.97 Å². The summed E-state index contributed by atoms with van der Waals surface area (Å²) in [5.41, 5.74) is 1.08. The van der Waals surface area contributed by atoms with Crippen LogP contribution in [0.3, 0.4) is 0 Å². The number of ether oxygens (including phenoxy) is 3. The van der Waals surface area contributed by atoms with E-state index in [1.165, 1.54) is 24.5 Å². The molecular formula is C33H32ClF2N3O5S. The van der Waals surface area contributed by atoms with Crippen molar-refractivity contribution in [3.63, 3.8) is 0 Å². The molecule has 0 spiro atoms. The number of fused-ring (bicyclic) bond motifs is 1. The van der Waals surface area contributed by atoms with Gasteiger partial charge in [-0.15, -0.1) is 0 Å². The maximum atomic E-state index is 15.6. The fourth-order valence-corrected chi connectivity index (χ4v) is 5.92. The van der Waals surface area contributed by atoms with Gasteiger partial charge in [0.2, 0.25) is 10.3 Å². The molecule has 236 valence electrons. The van der Waals surface area contributed by atoms with Crippen molar-refractivity contribution in [3.8, 4) is 5.75 Å². The Morgan fingerprint density at radius 1 is 1.13 bits per heavy atom. The summed E-state index contributed by atoms with van der Waals surface area (Å²) in [6.07, 6.45) is 6.15. The van der Waals surface area contributed by atoms with Gasteiger partial charge in [0.15, 0.2) is 0 Å². The second-order valence-electron chi connectivity index (χ2n) is 11.0. The highest BCUT2D eigenvalue weighted by Gasteiger charge is 2.38. The minimum absolute atomic E-state index is 0.0146. The van der Waals surface area contributed by atoms with Gasteiger partial charge >= 0.3 is 0 Å². The molecule has 1 atom stereocenters. The highest BCUT2D eigenvalue weighted by molar-refractivity contribution is 7.73. The number of rotatable bonds is 13. The molecule has 2 heterocycles. The number of anilines is 2. The van der Waals surface area contributed by atoms with Crippen molar-refractivity contribution in [2.24, 2.45) is 5.92 Å². The summed E-state index contributed by atoms with van der Waals surface area (Å²) in [6, 6.07) is 14.3. The molecular weight excluding hydrogens is 624 g/mol. The van der Waals surface area contributed by atoms with E-state index in [0.717, 1.165) is 0 Å². The van der Waals surface area contributed by atoms with Crippen LogP contribution in [0.5, 0.6) is 5.75 Å². The topological polar surface area (TPSA) is 99.6 Å². The smallest absolute Gasteiger partial charge is 0.215 e. The van der Waals surface area contributed by atoms with E-state index in [0.29, 0.717) is 68.4 Å². The molecule has 0 bridgehead atoms. The third kappa shape index (κ3) is 7.78. The Hall–Kier alpha value is -4.06. The zero-order valence-corrected chi connectivity index (χ0v) is 26.3. The normalized spacial score (nSPS) is 15.8. The zero-order chi connectivity index (χ0) is 32.0. The summed E-state index contributed by atoms with van der Waals surface area (Å²) in [4.78, 5) is 8.97. The van der Waals surface area contributed by atoms with Crippen LogP contribution in [0.25, 0.3) is 10.9 Å². The molecule has 4 aromatic rings. The van der Waals surface area contributed by atoms with Gasteiger partial charge in [0.05, 0.1) is 28.3 Å². The van der Waals surface area contributed by atoms with E-state index >= 15 is 4.39 Å². The Morgan fingerprint density at radius 3 is 2.69 bits per heavy atom. The lowest BCUT2D eigenvalue weighted by Crippen LogP contribution is -2.27. The van der Waals surface area contributed by atoms with Crippen molar-refractivity contribution in [1.29, 1.82) is 0 Å². The van der Waals surface area contributed by atoms with Crippen LogP contribution in [-0.2, 0) is 32.0 Å². The van der Waals surface area contributed by atoms with Crippen molar-refractivity contribution >= 4 is 49.2 Å². The first-order valence-corrected chi connectivity index (χ1v) is 15.8. The molecule has 1 aliphatic heterocycles. The number of hydrogen-bond donors (Lipinski definition) is 1. The largest absolute Gasteiger partial charge is 0.490 e. The van der Waals surface area contributed by atoms with Crippen LogP contribution in [0.4, 0.5) is 20.3 Å². The summed E-state index contributed by atoms with van der Waals surface area (Å²) in [7, 11) is -2.31. The first-order chi connectivity index (χ1) is 21.6. The lowest BCUT2D eigenvalue weighted by atomic mass is 9.85. The number of halogens is 3. The fourth-order valence-electron chi connectivity index (χ4n) is 5.12. The quantitative estimate of drug-likeness (QED) is 0.117. The average Bonchev–Trinajstić information content (AvgIpc) is 3.47. The minimum atomic E-state index is -2.31. The predicted octanol–water partition coefficient (Wildman–Crippen LogP) is 7.52. The Morgan fingerprint density at radius 2 is 1.98 bits per heavy atom. The minimum Gasteiger partial charge on any atom is -0.490 e. The van der Waals surface area contributed by atoms with E-state index in [-0.39, 0.29) is 31.6 Å². The molecule has 0 radical (unpaired) electrons. The van der Waals surface area contributed by atoms with Gasteiger partial charge in [0, 0.05) is 35.7 Å². The van der Waals surface area contributed by atoms with Gasteiger partial charge in [-0.25, -0.2) is 18.7 Å². The van der Waals surface area contributed by atoms with E-state index < -0.39 is 21.7 Å². The number of aromatic nitrogens is 2. The third-order valence-electron chi connectivity index (χ3n) is 7.50. The first kappa shape index (κ1) is 32.3. The molecule has 12 heteroatoms. The maximum Gasteiger partial charge on any atom is 0.215 e.